The number of halogens is 2. The Morgan fingerprint density at radius 1 is 1.41 bits per heavy atom. The van der Waals surface area contributed by atoms with E-state index in [0.717, 1.165) is 24.9 Å². The summed E-state index contributed by atoms with van der Waals surface area (Å²) in [5.41, 5.74) is 7.02. The molecule has 1 aromatic rings. The molecule has 1 aromatic carbocycles. The van der Waals surface area contributed by atoms with Crippen LogP contribution >= 0.6 is 24.0 Å². The van der Waals surface area contributed by atoms with Gasteiger partial charge in [-0.15, -0.1) is 12.4 Å². The minimum Gasteiger partial charge on any atom is -0.398 e. The zero-order valence-corrected chi connectivity index (χ0v) is 11.1. The number of nitrogens with two attached hydrogens (primary N) is 1. The van der Waals surface area contributed by atoms with Crippen LogP contribution in [0.25, 0.3) is 0 Å². The first kappa shape index (κ1) is 14.6. The van der Waals surface area contributed by atoms with Gasteiger partial charge in [-0.05, 0) is 37.1 Å². The molecule has 2 rings (SSSR count). The highest BCUT2D eigenvalue weighted by molar-refractivity contribution is 6.33. The number of rotatable bonds is 2. The van der Waals surface area contributed by atoms with E-state index in [4.69, 9.17) is 17.3 Å². The molecule has 2 atom stereocenters. The van der Waals surface area contributed by atoms with Crippen molar-refractivity contribution in [1.29, 1.82) is 0 Å². The average Bonchev–Trinajstić information content (AvgIpc) is 2.33. The molecular weight excluding hydrogens is 259 g/mol. The van der Waals surface area contributed by atoms with Crippen molar-refractivity contribution in [2.24, 2.45) is 0 Å². The van der Waals surface area contributed by atoms with Crippen molar-refractivity contribution in [1.82, 2.24) is 5.32 Å². The number of aliphatic hydroxyl groups excluding tert-OH is 1. The van der Waals surface area contributed by atoms with Crippen LogP contribution in [0.3, 0.4) is 0 Å². The summed E-state index contributed by atoms with van der Waals surface area (Å²) < 4.78 is 0. The molecule has 1 aliphatic heterocycles. The third-order valence-electron chi connectivity index (χ3n) is 3.10. The predicted molar refractivity (Wildman–Crippen MR) is 73.7 cm³/mol. The summed E-state index contributed by atoms with van der Waals surface area (Å²) in [6.07, 6.45) is 2.85. The van der Waals surface area contributed by atoms with Gasteiger partial charge in [0.1, 0.15) is 0 Å². The molecule has 2 unspecified atom stereocenters. The van der Waals surface area contributed by atoms with Crippen molar-refractivity contribution in [3.05, 3.63) is 28.8 Å². The van der Waals surface area contributed by atoms with Gasteiger partial charge in [-0.3, -0.25) is 0 Å². The molecule has 4 N–H and O–H groups in total. The Morgan fingerprint density at radius 3 is 2.76 bits per heavy atom. The van der Waals surface area contributed by atoms with Crippen LogP contribution in [0.2, 0.25) is 5.02 Å². The quantitative estimate of drug-likeness (QED) is 0.728. The van der Waals surface area contributed by atoms with E-state index in [0.29, 0.717) is 10.7 Å². The molecule has 0 radical (unpaired) electrons. The molecule has 17 heavy (non-hydrogen) atoms. The normalized spacial score (nSPS) is 21.6. The topological polar surface area (TPSA) is 58.3 Å². The van der Waals surface area contributed by atoms with E-state index >= 15 is 0 Å². The summed E-state index contributed by atoms with van der Waals surface area (Å²) in [5, 5.41) is 14.0. The molecule has 0 saturated carbocycles. The van der Waals surface area contributed by atoms with Gasteiger partial charge in [0.05, 0.1) is 16.8 Å². The number of piperidine rings is 1. The molecule has 0 amide bonds. The van der Waals surface area contributed by atoms with Crippen LogP contribution < -0.4 is 11.1 Å². The molecule has 1 saturated heterocycles. The SMILES string of the molecule is Cl.Nc1ccc(C(O)C2CCCCN2)cc1Cl. The lowest BCUT2D eigenvalue weighted by molar-refractivity contribution is 0.114. The van der Waals surface area contributed by atoms with Crippen LogP contribution in [-0.4, -0.2) is 17.7 Å². The molecule has 1 fully saturated rings. The smallest absolute Gasteiger partial charge is 0.0943 e. The van der Waals surface area contributed by atoms with Crippen LogP contribution in [0.15, 0.2) is 18.2 Å². The largest absolute Gasteiger partial charge is 0.398 e. The molecule has 96 valence electrons. The molecule has 0 bridgehead atoms. The molecule has 1 heterocycles. The summed E-state index contributed by atoms with van der Waals surface area (Å²) in [6.45, 7) is 0.977. The van der Waals surface area contributed by atoms with Gasteiger partial charge in [0.25, 0.3) is 0 Å². The van der Waals surface area contributed by atoms with E-state index in [1.54, 1.807) is 12.1 Å². The summed E-state index contributed by atoms with van der Waals surface area (Å²) in [4.78, 5) is 0. The Kier molecular flexibility index (Phi) is 5.53. The second kappa shape index (κ2) is 6.45. The van der Waals surface area contributed by atoms with Crippen molar-refractivity contribution in [3.63, 3.8) is 0 Å². The number of benzene rings is 1. The second-order valence-electron chi connectivity index (χ2n) is 4.28. The second-order valence-corrected chi connectivity index (χ2v) is 4.69. The maximum atomic E-state index is 10.2. The number of hydrogen-bond donors (Lipinski definition) is 3. The van der Waals surface area contributed by atoms with Crippen LogP contribution in [0, 0.1) is 0 Å². The minimum absolute atomic E-state index is 0. The zero-order chi connectivity index (χ0) is 11.5. The first-order chi connectivity index (χ1) is 7.68. The molecule has 5 heteroatoms. The Balaban J connectivity index is 0.00000144. The molecule has 0 spiro atoms. The van der Waals surface area contributed by atoms with Crippen LogP contribution in [-0.2, 0) is 0 Å². The number of aliphatic hydroxyl groups is 1. The van der Waals surface area contributed by atoms with E-state index in [1.807, 2.05) is 6.07 Å². The third-order valence-corrected chi connectivity index (χ3v) is 3.42. The van der Waals surface area contributed by atoms with Crippen molar-refractivity contribution in [2.75, 3.05) is 12.3 Å². The maximum absolute atomic E-state index is 10.2. The van der Waals surface area contributed by atoms with E-state index in [-0.39, 0.29) is 18.4 Å². The van der Waals surface area contributed by atoms with Gasteiger partial charge in [-0.25, -0.2) is 0 Å². The Morgan fingerprint density at radius 2 is 2.18 bits per heavy atom. The van der Waals surface area contributed by atoms with Gasteiger partial charge in [0.15, 0.2) is 0 Å². The predicted octanol–water partition coefficient (Wildman–Crippen LogP) is 2.52. The summed E-state index contributed by atoms with van der Waals surface area (Å²) in [5.74, 6) is 0. The van der Waals surface area contributed by atoms with Crippen molar-refractivity contribution in [3.8, 4) is 0 Å². The first-order valence-corrected chi connectivity index (χ1v) is 6.02. The van der Waals surface area contributed by atoms with E-state index in [1.165, 1.54) is 6.42 Å². The lowest BCUT2D eigenvalue weighted by Gasteiger charge is -2.28. The average molecular weight is 277 g/mol. The van der Waals surface area contributed by atoms with Gasteiger partial charge in [-0.2, -0.15) is 0 Å². The maximum Gasteiger partial charge on any atom is 0.0943 e. The highest BCUT2D eigenvalue weighted by atomic mass is 35.5. The van der Waals surface area contributed by atoms with E-state index in [2.05, 4.69) is 5.32 Å². The highest BCUT2D eigenvalue weighted by Crippen LogP contribution is 2.27. The van der Waals surface area contributed by atoms with Crippen molar-refractivity contribution < 1.29 is 5.11 Å². The monoisotopic (exact) mass is 276 g/mol. The fourth-order valence-electron chi connectivity index (χ4n) is 2.11. The molecule has 0 aromatic heterocycles. The van der Waals surface area contributed by atoms with Crippen LogP contribution in [0.5, 0.6) is 0 Å². The number of anilines is 1. The summed E-state index contributed by atoms with van der Waals surface area (Å²) in [7, 11) is 0. The summed E-state index contributed by atoms with van der Waals surface area (Å²) in [6, 6.07) is 5.46. The van der Waals surface area contributed by atoms with Gasteiger partial charge in [-0.1, -0.05) is 24.1 Å². The summed E-state index contributed by atoms with van der Waals surface area (Å²) >= 11 is 5.94. The van der Waals surface area contributed by atoms with Gasteiger partial charge >= 0.3 is 0 Å². The molecular formula is C12H18Cl2N2O. The highest BCUT2D eigenvalue weighted by Gasteiger charge is 2.22. The van der Waals surface area contributed by atoms with E-state index in [9.17, 15) is 5.11 Å². The number of nitrogen functional groups attached to an aromatic ring is 1. The van der Waals surface area contributed by atoms with E-state index < -0.39 is 6.10 Å². The number of hydrogen-bond acceptors (Lipinski definition) is 3. The molecule has 1 aliphatic rings. The third kappa shape index (κ3) is 3.49. The van der Waals surface area contributed by atoms with Gasteiger partial charge < -0.3 is 16.2 Å². The minimum atomic E-state index is -0.501. The van der Waals surface area contributed by atoms with Crippen LogP contribution in [0.1, 0.15) is 30.9 Å². The molecule has 3 nitrogen and oxygen atoms in total. The Hall–Kier alpha value is -0.480. The Bertz CT molecular complexity index is 368. The standard InChI is InChI=1S/C12H17ClN2O.ClH/c13-9-7-8(4-5-10(9)14)12(16)11-3-1-2-6-15-11;/h4-5,7,11-12,15-16H,1-3,6,14H2;1H. The fraction of sp³-hybridized carbons (Fsp3) is 0.500. The Labute approximate surface area is 113 Å². The van der Waals surface area contributed by atoms with Crippen LogP contribution in [0.4, 0.5) is 5.69 Å². The van der Waals surface area contributed by atoms with Crippen molar-refractivity contribution in [2.45, 2.75) is 31.4 Å². The fourth-order valence-corrected chi connectivity index (χ4v) is 2.30. The number of nitrogens with one attached hydrogen (secondary N) is 1. The lowest BCUT2D eigenvalue weighted by Crippen LogP contribution is -2.38. The molecule has 0 aliphatic carbocycles. The van der Waals surface area contributed by atoms with Gasteiger partial charge in [0.2, 0.25) is 0 Å². The van der Waals surface area contributed by atoms with Crippen molar-refractivity contribution >= 4 is 29.7 Å². The first-order valence-electron chi connectivity index (χ1n) is 5.65. The zero-order valence-electron chi connectivity index (χ0n) is 9.53. The van der Waals surface area contributed by atoms with Gasteiger partial charge in [0, 0.05) is 6.04 Å². The lowest BCUT2D eigenvalue weighted by atomic mass is 9.95.